The predicted molar refractivity (Wildman–Crippen MR) is 56.9 cm³/mol. The third-order valence-corrected chi connectivity index (χ3v) is 2.39. The monoisotopic (exact) mass is 211 g/mol. The first-order valence-corrected chi connectivity index (χ1v) is 5.32. The van der Waals surface area contributed by atoms with E-state index in [4.69, 9.17) is 9.15 Å². The van der Waals surface area contributed by atoms with Crippen molar-refractivity contribution in [3.63, 3.8) is 0 Å². The van der Waals surface area contributed by atoms with Crippen LogP contribution < -0.4 is 10.2 Å². The Bertz CT molecular complexity index is 293. The summed E-state index contributed by atoms with van der Waals surface area (Å²) < 4.78 is 10.8. The summed E-state index contributed by atoms with van der Waals surface area (Å²) in [4.78, 5) is 6.54. The normalized spacial score (nSPS) is 17.8. The Morgan fingerprint density at radius 3 is 3.27 bits per heavy atom. The van der Waals surface area contributed by atoms with Crippen molar-refractivity contribution in [1.29, 1.82) is 0 Å². The fraction of sp³-hybridized carbons (Fsp3) is 0.700. The minimum atomic E-state index is 0.714. The highest BCUT2D eigenvalue weighted by molar-refractivity contribution is 5.26. The van der Waals surface area contributed by atoms with Gasteiger partial charge < -0.3 is 19.4 Å². The van der Waals surface area contributed by atoms with Gasteiger partial charge in [-0.15, -0.1) is 0 Å². The molecule has 1 aliphatic heterocycles. The molecular formula is C10H17N3O2. The quantitative estimate of drug-likeness (QED) is 0.794. The molecule has 1 N–H and O–H groups in total. The lowest BCUT2D eigenvalue weighted by Gasteiger charge is -2.16. The molecule has 2 heterocycles. The number of hydrogen-bond acceptors (Lipinski definition) is 5. The summed E-state index contributed by atoms with van der Waals surface area (Å²) in [5.41, 5.74) is 0.942. The molecule has 15 heavy (non-hydrogen) atoms. The molecule has 0 spiro atoms. The van der Waals surface area contributed by atoms with Gasteiger partial charge in [-0.25, -0.2) is 0 Å². The zero-order valence-electron chi connectivity index (χ0n) is 9.03. The van der Waals surface area contributed by atoms with Crippen LogP contribution in [0.25, 0.3) is 0 Å². The van der Waals surface area contributed by atoms with Gasteiger partial charge in [-0.05, 0) is 13.5 Å². The second-order valence-corrected chi connectivity index (χ2v) is 3.60. The van der Waals surface area contributed by atoms with Crippen molar-refractivity contribution in [3.05, 3.63) is 12.0 Å². The Morgan fingerprint density at radius 1 is 1.47 bits per heavy atom. The molecule has 84 valence electrons. The summed E-state index contributed by atoms with van der Waals surface area (Å²) in [7, 11) is 1.90. The van der Waals surface area contributed by atoms with Crippen molar-refractivity contribution in [2.45, 2.75) is 13.0 Å². The lowest BCUT2D eigenvalue weighted by molar-refractivity contribution is 0.152. The van der Waals surface area contributed by atoms with Crippen LogP contribution in [-0.2, 0) is 11.3 Å². The third kappa shape index (κ3) is 2.70. The molecule has 0 aliphatic carbocycles. The number of aromatic nitrogens is 1. The third-order valence-electron chi connectivity index (χ3n) is 2.39. The van der Waals surface area contributed by atoms with Crippen molar-refractivity contribution < 1.29 is 9.15 Å². The molecule has 0 amide bonds. The molecule has 1 fully saturated rings. The average molecular weight is 211 g/mol. The van der Waals surface area contributed by atoms with Crippen molar-refractivity contribution in [3.8, 4) is 0 Å². The molecular weight excluding hydrogens is 194 g/mol. The van der Waals surface area contributed by atoms with Crippen LogP contribution in [0.5, 0.6) is 0 Å². The van der Waals surface area contributed by atoms with Crippen molar-refractivity contribution >= 4 is 6.01 Å². The summed E-state index contributed by atoms with van der Waals surface area (Å²) in [6.07, 6.45) is 2.74. The van der Waals surface area contributed by atoms with E-state index in [1.54, 1.807) is 6.26 Å². The lowest BCUT2D eigenvalue weighted by atomic mass is 10.4. The molecule has 1 aromatic rings. The van der Waals surface area contributed by atoms with Crippen LogP contribution in [0.1, 0.15) is 12.1 Å². The Hall–Kier alpha value is -1.07. The summed E-state index contributed by atoms with van der Waals surface area (Å²) in [6.45, 7) is 4.15. The molecule has 0 radical (unpaired) electrons. The van der Waals surface area contributed by atoms with Crippen LogP contribution in [0, 0.1) is 0 Å². The second kappa shape index (κ2) is 5.14. The van der Waals surface area contributed by atoms with Gasteiger partial charge in [0.1, 0.15) is 6.26 Å². The van der Waals surface area contributed by atoms with E-state index in [-0.39, 0.29) is 0 Å². The molecule has 0 aromatic carbocycles. The lowest BCUT2D eigenvalue weighted by Crippen LogP contribution is -2.26. The number of oxazole rings is 1. The van der Waals surface area contributed by atoms with Crippen molar-refractivity contribution in [1.82, 2.24) is 10.3 Å². The minimum absolute atomic E-state index is 0.714. The van der Waals surface area contributed by atoms with E-state index < -0.39 is 0 Å². The number of nitrogens with zero attached hydrogens (tertiary/aromatic N) is 2. The minimum Gasteiger partial charge on any atom is -0.432 e. The van der Waals surface area contributed by atoms with Gasteiger partial charge in [0.2, 0.25) is 0 Å². The van der Waals surface area contributed by atoms with E-state index in [0.29, 0.717) is 6.01 Å². The Morgan fingerprint density at radius 2 is 2.40 bits per heavy atom. The fourth-order valence-corrected chi connectivity index (χ4v) is 1.64. The highest BCUT2D eigenvalue weighted by Crippen LogP contribution is 2.15. The standard InChI is InChI=1S/C10H17N3O2/c1-11-7-9-8-15-10(12-9)13-3-2-5-14-6-4-13/h8,11H,2-7H2,1H3. The van der Waals surface area contributed by atoms with Gasteiger partial charge in [0.25, 0.3) is 6.01 Å². The topological polar surface area (TPSA) is 50.5 Å². The van der Waals surface area contributed by atoms with E-state index in [0.717, 1.165) is 45.0 Å². The number of nitrogens with one attached hydrogen (secondary N) is 1. The second-order valence-electron chi connectivity index (χ2n) is 3.60. The molecule has 1 saturated heterocycles. The van der Waals surface area contributed by atoms with Gasteiger partial charge in [-0.2, -0.15) is 4.98 Å². The van der Waals surface area contributed by atoms with Gasteiger partial charge in [-0.3, -0.25) is 0 Å². The number of rotatable bonds is 3. The van der Waals surface area contributed by atoms with Gasteiger partial charge in [0.15, 0.2) is 0 Å². The van der Waals surface area contributed by atoms with Gasteiger partial charge in [-0.1, -0.05) is 0 Å². The molecule has 0 unspecified atom stereocenters. The highest BCUT2D eigenvalue weighted by atomic mass is 16.5. The fourth-order valence-electron chi connectivity index (χ4n) is 1.64. The van der Waals surface area contributed by atoms with Gasteiger partial charge in [0, 0.05) is 26.2 Å². The van der Waals surface area contributed by atoms with Gasteiger partial charge in [0.05, 0.1) is 12.3 Å². The van der Waals surface area contributed by atoms with E-state index in [2.05, 4.69) is 15.2 Å². The van der Waals surface area contributed by atoms with Crippen LogP contribution in [0.2, 0.25) is 0 Å². The molecule has 0 atom stereocenters. The largest absolute Gasteiger partial charge is 0.432 e. The van der Waals surface area contributed by atoms with Crippen molar-refractivity contribution in [2.24, 2.45) is 0 Å². The van der Waals surface area contributed by atoms with Gasteiger partial charge >= 0.3 is 0 Å². The SMILES string of the molecule is CNCc1coc(N2CCCOCC2)n1. The maximum absolute atomic E-state index is 5.43. The Kier molecular flexibility index (Phi) is 3.58. The summed E-state index contributed by atoms with van der Waals surface area (Å²) in [5.74, 6) is 0. The van der Waals surface area contributed by atoms with E-state index in [1.807, 2.05) is 7.05 Å². The first kappa shape index (κ1) is 10.4. The first-order valence-electron chi connectivity index (χ1n) is 5.32. The molecule has 5 heteroatoms. The zero-order chi connectivity index (χ0) is 10.5. The maximum Gasteiger partial charge on any atom is 0.297 e. The predicted octanol–water partition coefficient (Wildman–Crippen LogP) is 0.621. The van der Waals surface area contributed by atoms with Crippen LogP contribution in [-0.4, -0.2) is 38.3 Å². The van der Waals surface area contributed by atoms with Crippen LogP contribution in [0.4, 0.5) is 6.01 Å². The highest BCUT2D eigenvalue weighted by Gasteiger charge is 2.14. The molecule has 1 aromatic heterocycles. The Balaban J connectivity index is 2.00. The molecule has 0 saturated carbocycles. The van der Waals surface area contributed by atoms with E-state index >= 15 is 0 Å². The van der Waals surface area contributed by atoms with E-state index in [9.17, 15) is 0 Å². The molecule has 1 aliphatic rings. The van der Waals surface area contributed by atoms with Crippen LogP contribution >= 0.6 is 0 Å². The number of anilines is 1. The summed E-state index contributed by atoms with van der Waals surface area (Å²) in [5, 5.41) is 3.05. The molecule has 5 nitrogen and oxygen atoms in total. The van der Waals surface area contributed by atoms with Crippen molar-refractivity contribution in [2.75, 3.05) is 38.3 Å². The average Bonchev–Trinajstić information content (AvgIpc) is 2.53. The zero-order valence-corrected chi connectivity index (χ0v) is 9.03. The maximum atomic E-state index is 5.43. The van der Waals surface area contributed by atoms with E-state index in [1.165, 1.54) is 0 Å². The smallest absolute Gasteiger partial charge is 0.297 e. The Labute approximate surface area is 89.4 Å². The summed E-state index contributed by atoms with van der Waals surface area (Å²) in [6, 6.07) is 0.714. The summed E-state index contributed by atoms with van der Waals surface area (Å²) >= 11 is 0. The van der Waals surface area contributed by atoms with Crippen LogP contribution in [0.3, 0.4) is 0 Å². The molecule has 0 bridgehead atoms. The molecule has 2 rings (SSSR count). The van der Waals surface area contributed by atoms with Crippen LogP contribution in [0.15, 0.2) is 10.7 Å². The first-order chi connectivity index (χ1) is 7.40. The number of ether oxygens (including phenoxy) is 1. The number of hydrogen-bond donors (Lipinski definition) is 1.